The van der Waals surface area contributed by atoms with E-state index in [1.54, 1.807) is 12.5 Å². The summed E-state index contributed by atoms with van der Waals surface area (Å²) in [5.41, 5.74) is 6.88. The first kappa shape index (κ1) is 62.9. The largest absolute Gasteiger partial charge is 0.481 e. The number of carboxylic acids is 2. The van der Waals surface area contributed by atoms with Gasteiger partial charge in [0.1, 0.15) is 30.6 Å². The zero-order chi connectivity index (χ0) is 49.6. The minimum absolute atomic E-state index is 0.0463. The first-order valence-electron chi connectivity index (χ1n) is 24.8. The van der Waals surface area contributed by atoms with E-state index in [-0.39, 0.29) is 62.0 Å². The molecule has 0 unspecified atom stereocenters. The van der Waals surface area contributed by atoms with Crippen LogP contribution in [0.5, 0.6) is 0 Å². The minimum Gasteiger partial charge on any atom is -0.481 e. The lowest BCUT2D eigenvalue weighted by Crippen LogP contribution is -2.33. The van der Waals surface area contributed by atoms with E-state index >= 15 is 0 Å². The first-order chi connectivity index (χ1) is 32.3. The number of aromatic amines is 1. The average Bonchev–Trinajstić information content (AvgIpc) is 3.80. The van der Waals surface area contributed by atoms with Crippen molar-refractivity contribution in [1.29, 1.82) is 0 Å². The number of aliphatic carboxylic acids is 2. The molecule has 1 rings (SSSR count). The van der Waals surface area contributed by atoms with Gasteiger partial charge in [0.05, 0.1) is 51.8 Å². The Morgan fingerprint density at radius 3 is 1.60 bits per heavy atom. The number of imidazole rings is 1. The van der Waals surface area contributed by atoms with E-state index in [1.807, 2.05) is 6.92 Å². The number of carboxylic acid groups (broad SMARTS) is 2. The van der Waals surface area contributed by atoms with Gasteiger partial charge in [-0.3, -0.25) is 28.8 Å². The zero-order valence-corrected chi connectivity index (χ0v) is 41.0. The van der Waals surface area contributed by atoms with Crippen molar-refractivity contribution in [2.24, 2.45) is 11.7 Å². The summed E-state index contributed by atoms with van der Waals surface area (Å²) in [5.74, 6) is -1.55. The van der Waals surface area contributed by atoms with Crippen molar-refractivity contribution in [2.45, 2.75) is 180 Å². The summed E-state index contributed by atoms with van der Waals surface area (Å²) in [6.07, 6.45) is 25.4. The number of nitrogens with zero attached hydrogens (tertiary/aromatic N) is 1. The second-order valence-corrected chi connectivity index (χ2v) is 17.3. The molecule has 0 fully saturated rings. The van der Waals surface area contributed by atoms with Gasteiger partial charge in [-0.05, 0) is 38.5 Å². The third-order valence-corrected chi connectivity index (χ3v) is 10.7. The number of nitrogens with two attached hydrogens (primary N) is 1. The maximum absolute atomic E-state index is 12.4. The molecule has 1 aromatic rings. The predicted octanol–water partition coefficient (Wildman–Crippen LogP) is 6.46. The van der Waals surface area contributed by atoms with Gasteiger partial charge in [-0.1, -0.05) is 96.8 Å². The van der Waals surface area contributed by atoms with Crippen molar-refractivity contribution < 1.29 is 62.7 Å². The SMILES string of the molecule is CC(=O)CCC(=O)O.C[C@H](CCCCNC(=O)COCCOCCNC(=O)COCCOCCCC(=O)CCCCCCCCCCCCCCCCC(=O)O)CC(=O)[C@@H](N)Cc1cnc[nH]1. The molecular weight excluding hydrogens is 867 g/mol. The number of carbonyl (C=O) groups is 7. The zero-order valence-electron chi connectivity index (χ0n) is 41.0. The van der Waals surface area contributed by atoms with Crippen LogP contribution in [0.2, 0.25) is 0 Å². The van der Waals surface area contributed by atoms with Crippen molar-refractivity contribution in [3.05, 3.63) is 18.2 Å². The van der Waals surface area contributed by atoms with E-state index in [9.17, 15) is 33.6 Å². The molecule has 2 atom stereocenters. The van der Waals surface area contributed by atoms with Crippen LogP contribution in [-0.4, -0.2) is 133 Å². The molecule has 2 amide bonds. The molecule has 0 saturated carbocycles. The minimum atomic E-state index is -0.916. The summed E-state index contributed by atoms with van der Waals surface area (Å²) in [7, 11) is 0. The lowest BCUT2D eigenvalue weighted by molar-refractivity contribution is -0.138. The van der Waals surface area contributed by atoms with Crippen LogP contribution in [0.4, 0.5) is 0 Å². The number of ketones is 3. The topological polar surface area (TPSA) is 276 Å². The number of rotatable bonds is 47. The maximum atomic E-state index is 12.4. The lowest BCUT2D eigenvalue weighted by Gasteiger charge is -2.14. The Morgan fingerprint density at radius 2 is 1.09 bits per heavy atom. The van der Waals surface area contributed by atoms with E-state index < -0.39 is 18.0 Å². The molecule has 0 saturated heterocycles. The van der Waals surface area contributed by atoms with Crippen LogP contribution >= 0.6 is 0 Å². The van der Waals surface area contributed by atoms with E-state index in [1.165, 1.54) is 64.7 Å². The number of unbranched alkanes of at least 4 members (excludes halogenated alkanes) is 14. The van der Waals surface area contributed by atoms with Gasteiger partial charge in [-0.2, -0.15) is 0 Å². The average molecular weight is 954 g/mol. The Bertz CT molecular complexity index is 1420. The maximum Gasteiger partial charge on any atom is 0.303 e. The summed E-state index contributed by atoms with van der Waals surface area (Å²) in [6.45, 7) is 6.22. The Labute approximate surface area is 399 Å². The van der Waals surface area contributed by atoms with Crippen molar-refractivity contribution in [3.8, 4) is 0 Å². The van der Waals surface area contributed by atoms with Crippen molar-refractivity contribution in [2.75, 3.05) is 65.9 Å². The Morgan fingerprint density at radius 1 is 0.597 bits per heavy atom. The van der Waals surface area contributed by atoms with Gasteiger partial charge in [0, 0.05) is 70.1 Å². The molecule has 0 aromatic carbocycles. The second kappa shape index (κ2) is 45.7. The number of carbonyl (C=O) groups excluding carboxylic acids is 5. The molecule has 7 N–H and O–H groups in total. The molecule has 0 radical (unpaired) electrons. The fraction of sp³-hybridized carbons (Fsp3) is 0.796. The van der Waals surface area contributed by atoms with Crippen LogP contribution in [0.1, 0.15) is 174 Å². The van der Waals surface area contributed by atoms with Crippen LogP contribution in [0, 0.1) is 5.92 Å². The highest BCUT2D eigenvalue weighted by molar-refractivity contribution is 5.84. The molecule has 1 aromatic heterocycles. The van der Waals surface area contributed by atoms with E-state index in [0.29, 0.717) is 90.4 Å². The number of Topliss-reactive ketones (excluding diaryl/α,β-unsaturated/α-hetero) is 3. The van der Waals surface area contributed by atoms with Crippen molar-refractivity contribution in [3.63, 3.8) is 0 Å². The summed E-state index contributed by atoms with van der Waals surface area (Å²) in [6, 6.07) is -0.533. The molecule has 67 heavy (non-hydrogen) atoms. The number of hydrogen-bond acceptors (Lipinski definition) is 13. The number of amides is 2. The highest BCUT2D eigenvalue weighted by Crippen LogP contribution is 2.15. The van der Waals surface area contributed by atoms with Gasteiger partial charge in [0.15, 0.2) is 0 Å². The van der Waals surface area contributed by atoms with Crippen LogP contribution in [0.25, 0.3) is 0 Å². The van der Waals surface area contributed by atoms with Gasteiger partial charge in [-0.25, -0.2) is 4.98 Å². The first-order valence-corrected chi connectivity index (χ1v) is 24.8. The highest BCUT2D eigenvalue weighted by atomic mass is 16.5. The predicted molar refractivity (Wildman–Crippen MR) is 256 cm³/mol. The number of aromatic nitrogens is 2. The summed E-state index contributed by atoms with van der Waals surface area (Å²) >= 11 is 0. The molecular formula is C49H87N5O13. The normalized spacial score (nSPS) is 11.9. The Kier molecular flexibility index (Phi) is 42.9. The molecule has 0 aliphatic rings. The fourth-order valence-electron chi connectivity index (χ4n) is 6.82. The molecule has 1 heterocycles. The molecule has 18 nitrogen and oxygen atoms in total. The van der Waals surface area contributed by atoms with Gasteiger partial charge in [0.2, 0.25) is 11.8 Å². The molecule has 0 aliphatic carbocycles. The van der Waals surface area contributed by atoms with Crippen LogP contribution in [0.3, 0.4) is 0 Å². The smallest absolute Gasteiger partial charge is 0.303 e. The fourth-order valence-corrected chi connectivity index (χ4v) is 6.82. The summed E-state index contributed by atoms with van der Waals surface area (Å²) in [5, 5.41) is 22.2. The standard InChI is InChI=1S/C44H79N5O10.C5H8O3/c1-37(31-41(51)40(45)32-38-33-46-36-49-38)19-16-17-23-47-42(52)34-59-30-28-57-26-24-48-43(53)35-58-29-27-56-25-18-21-39(50)20-14-12-10-8-6-4-2-3-5-7-9-11-13-15-22-44(54)55;1-4(6)2-3-5(7)8/h33,36-37,40H,2-32,34-35,45H2,1H3,(H,46,49)(H,47,52)(H,48,53)(H,54,55);2-3H2,1H3,(H,7,8)/t37-,40+;/m1./s1. The molecule has 386 valence electrons. The quantitative estimate of drug-likeness (QED) is 0.0383. The number of ether oxygens (including phenoxy) is 4. The lowest BCUT2D eigenvalue weighted by atomic mass is 9.94. The van der Waals surface area contributed by atoms with Crippen molar-refractivity contribution in [1.82, 2.24) is 20.6 Å². The number of nitrogens with one attached hydrogen (secondary N) is 3. The van der Waals surface area contributed by atoms with Gasteiger partial charge in [-0.15, -0.1) is 0 Å². The van der Waals surface area contributed by atoms with Crippen LogP contribution in [0.15, 0.2) is 12.5 Å². The molecule has 0 spiro atoms. The van der Waals surface area contributed by atoms with Crippen molar-refractivity contribution >= 4 is 41.1 Å². The summed E-state index contributed by atoms with van der Waals surface area (Å²) in [4.78, 5) is 85.7. The van der Waals surface area contributed by atoms with Gasteiger partial charge in [0.25, 0.3) is 0 Å². The summed E-state index contributed by atoms with van der Waals surface area (Å²) < 4.78 is 21.7. The Hall–Kier alpha value is -4.10. The van der Waals surface area contributed by atoms with E-state index in [0.717, 1.165) is 57.1 Å². The third-order valence-electron chi connectivity index (χ3n) is 10.7. The van der Waals surface area contributed by atoms with Crippen LogP contribution < -0.4 is 16.4 Å². The van der Waals surface area contributed by atoms with E-state index in [4.69, 9.17) is 34.9 Å². The second-order valence-electron chi connectivity index (χ2n) is 17.3. The molecule has 18 heteroatoms. The molecule has 0 bridgehead atoms. The monoisotopic (exact) mass is 954 g/mol. The van der Waals surface area contributed by atoms with Gasteiger partial charge >= 0.3 is 11.9 Å². The molecule has 0 aliphatic heterocycles. The number of hydrogen-bond donors (Lipinski definition) is 6. The van der Waals surface area contributed by atoms with E-state index in [2.05, 4.69) is 20.6 Å². The number of H-pyrrole nitrogens is 1. The highest BCUT2D eigenvalue weighted by Gasteiger charge is 2.18. The Balaban J connectivity index is 0.00000495. The third kappa shape index (κ3) is 46.8. The van der Waals surface area contributed by atoms with Gasteiger partial charge < -0.3 is 55.3 Å². The van der Waals surface area contributed by atoms with Crippen LogP contribution in [-0.2, 0) is 58.9 Å².